The fraction of sp³-hybridized carbons (Fsp3) is 0.136. The van der Waals surface area contributed by atoms with Crippen molar-refractivity contribution >= 4 is 34.7 Å². The second-order valence-electron chi connectivity index (χ2n) is 6.12. The van der Waals surface area contributed by atoms with Crippen LogP contribution in [0.15, 0.2) is 88.7 Å². The average Bonchev–Trinajstić information content (AvgIpc) is 2.70. The quantitative estimate of drug-likeness (QED) is 0.627. The topological polar surface area (TPSA) is 23.6 Å². The van der Waals surface area contributed by atoms with E-state index in [0.717, 1.165) is 33.4 Å². The van der Waals surface area contributed by atoms with Crippen LogP contribution in [-0.2, 0) is 4.79 Å². The molecule has 0 spiro atoms. The fourth-order valence-corrected chi connectivity index (χ4v) is 4.29. The van der Waals surface area contributed by atoms with Gasteiger partial charge in [-0.05, 0) is 43.3 Å². The van der Waals surface area contributed by atoms with Gasteiger partial charge in [-0.1, -0.05) is 54.2 Å². The fourth-order valence-electron chi connectivity index (χ4n) is 3.23. The zero-order valence-electron chi connectivity index (χ0n) is 14.6. The maximum atomic E-state index is 13.3. The van der Waals surface area contributed by atoms with E-state index < -0.39 is 0 Å². The van der Waals surface area contributed by atoms with Crippen molar-refractivity contribution in [3.63, 3.8) is 0 Å². The van der Waals surface area contributed by atoms with Gasteiger partial charge in [-0.2, -0.15) is 0 Å². The van der Waals surface area contributed by atoms with Crippen LogP contribution < -0.4 is 9.80 Å². The van der Waals surface area contributed by atoms with Crippen molar-refractivity contribution in [1.29, 1.82) is 0 Å². The minimum Gasteiger partial charge on any atom is -0.362 e. The summed E-state index contributed by atoms with van der Waals surface area (Å²) in [5, 5.41) is 0. The Kier molecular flexibility index (Phi) is 4.67. The molecule has 3 aromatic rings. The Labute approximate surface area is 158 Å². The maximum absolute atomic E-state index is 13.3. The molecule has 4 rings (SSSR count). The van der Waals surface area contributed by atoms with E-state index in [1.165, 1.54) is 0 Å². The number of para-hydroxylation sites is 3. The average molecular weight is 360 g/mol. The van der Waals surface area contributed by atoms with Gasteiger partial charge in [-0.15, -0.1) is 0 Å². The zero-order chi connectivity index (χ0) is 17.9. The number of hydrogen-bond donors (Lipinski definition) is 0. The molecule has 0 saturated heterocycles. The number of likely N-dealkylation sites (N-methyl/N-ethyl adjacent to an activating group) is 1. The van der Waals surface area contributed by atoms with Crippen molar-refractivity contribution in [3.8, 4) is 0 Å². The molecule has 0 N–H and O–H groups in total. The molecule has 0 radical (unpaired) electrons. The number of nitrogens with zero attached hydrogens (tertiary/aromatic N) is 2. The van der Waals surface area contributed by atoms with Crippen molar-refractivity contribution < 1.29 is 4.79 Å². The molecule has 26 heavy (non-hydrogen) atoms. The van der Waals surface area contributed by atoms with E-state index in [4.69, 9.17) is 0 Å². The molecule has 0 bridgehead atoms. The molecule has 0 aromatic heterocycles. The van der Waals surface area contributed by atoms with Crippen LogP contribution >= 0.6 is 11.8 Å². The highest BCUT2D eigenvalue weighted by molar-refractivity contribution is 7.99. The number of hydrogen-bond acceptors (Lipinski definition) is 3. The standard InChI is InChI=1S/C22H20N2OS/c1-2-23(17-10-4-3-5-11-17)16-22(25)24-18-12-6-8-14-20(18)26-21-15-9-7-13-19(21)24/h3-15H,2,16H2,1H3. The molecule has 0 unspecified atom stereocenters. The monoisotopic (exact) mass is 360 g/mol. The summed E-state index contributed by atoms with van der Waals surface area (Å²) in [6.45, 7) is 3.20. The summed E-state index contributed by atoms with van der Waals surface area (Å²) in [5.74, 6) is 0.0795. The molecular weight excluding hydrogens is 340 g/mol. The van der Waals surface area contributed by atoms with E-state index in [-0.39, 0.29) is 5.91 Å². The normalized spacial score (nSPS) is 12.3. The zero-order valence-corrected chi connectivity index (χ0v) is 15.4. The van der Waals surface area contributed by atoms with Crippen LogP contribution in [0.4, 0.5) is 17.1 Å². The van der Waals surface area contributed by atoms with Gasteiger partial charge in [-0.25, -0.2) is 0 Å². The third kappa shape index (κ3) is 3.08. The summed E-state index contributed by atoms with van der Waals surface area (Å²) in [5.41, 5.74) is 2.99. The maximum Gasteiger partial charge on any atom is 0.251 e. The third-order valence-electron chi connectivity index (χ3n) is 4.51. The van der Waals surface area contributed by atoms with Gasteiger partial charge in [0.25, 0.3) is 5.91 Å². The summed E-state index contributed by atoms with van der Waals surface area (Å²) in [6.07, 6.45) is 0. The van der Waals surface area contributed by atoms with Crippen LogP contribution in [0.2, 0.25) is 0 Å². The van der Waals surface area contributed by atoms with Gasteiger partial charge in [0.2, 0.25) is 0 Å². The predicted octanol–water partition coefficient (Wildman–Crippen LogP) is 5.34. The lowest BCUT2D eigenvalue weighted by Gasteiger charge is -2.33. The smallest absolute Gasteiger partial charge is 0.251 e. The predicted molar refractivity (Wildman–Crippen MR) is 108 cm³/mol. The van der Waals surface area contributed by atoms with Gasteiger partial charge in [0.15, 0.2) is 0 Å². The van der Waals surface area contributed by atoms with E-state index >= 15 is 0 Å². The SMILES string of the molecule is CCN(CC(=O)N1c2ccccc2Sc2ccccc21)c1ccccc1. The summed E-state index contributed by atoms with van der Waals surface area (Å²) in [4.78, 5) is 19.5. The molecule has 0 saturated carbocycles. The highest BCUT2D eigenvalue weighted by Crippen LogP contribution is 2.47. The largest absolute Gasteiger partial charge is 0.362 e. The molecule has 1 aliphatic heterocycles. The number of anilines is 3. The van der Waals surface area contributed by atoms with Crippen LogP contribution in [0.25, 0.3) is 0 Å². The Balaban J connectivity index is 1.69. The molecule has 0 fully saturated rings. The van der Waals surface area contributed by atoms with Crippen LogP contribution in [0.1, 0.15) is 6.92 Å². The molecule has 1 amide bonds. The molecule has 4 heteroatoms. The van der Waals surface area contributed by atoms with Gasteiger partial charge in [0.05, 0.1) is 17.9 Å². The van der Waals surface area contributed by atoms with Gasteiger partial charge in [0, 0.05) is 22.0 Å². The minimum atomic E-state index is 0.0795. The van der Waals surface area contributed by atoms with E-state index in [9.17, 15) is 4.79 Å². The van der Waals surface area contributed by atoms with Gasteiger partial charge < -0.3 is 4.90 Å². The summed E-state index contributed by atoms with van der Waals surface area (Å²) < 4.78 is 0. The molecule has 0 aliphatic carbocycles. The lowest BCUT2D eigenvalue weighted by molar-refractivity contribution is -0.116. The lowest BCUT2D eigenvalue weighted by atomic mass is 10.2. The Morgan fingerprint density at radius 2 is 1.38 bits per heavy atom. The van der Waals surface area contributed by atoms with Crippen LogP contribution in [-0.4, -0.2) is 19.0 Å². The van der Waals surface area contributed by atoms with Crippen molar-refractivity contribution in [2.45, 2.75) is 16.7 Å². The van der Waals surface area contributed by atoms with E-state index in [1.807, 2.05) is 71.6 Å². The highest BCUT2D eigenvalue weighted by atomic mass is 32.2. The first-order chi connectivity index (χ1) is 12.8. The second kappa shape index (κ2) is 7.26. The number of fused-ring (bicyclic) bond motifs is 2. The van der Waals surface area contributed by atoms with Crippen LogP contribution in [0.3, 0.4) is 0 Å². The Morgan fingerprint density at radius 1 is 0.846 bits per heavy atom. The number of carbonyl (C=O) groups is 1. The highest BCUT2D eigenvalue weighted by Gasteiger charge is 2.28. The van der Waals surface area contributed by atoms with Gasteiger partial charge in [-0.3, -0.25) is 9.69 Å². The first kappa shape index (κ1) is 16.7. The van der Waals surface area contributed by atoms with E-state index in [0.29, 0.717) is 6.54 Å². The number of rotatable bonds is 4. The van der Waals surface area contributed by atoms with Crippen molar-refractivity contribution in [2.24, 2.45) is 0 Å². The molecule has 0 atom stereocenters. The van der Waals surface area contributed by atoms with Crippen molar-refractivity contribution in [2.75, 3.05) is 22.9 Å². The first-order valence-corrected chi connectivity index (χ1v) is 9.58. The Hall–Kier alpha value is -2.72. The van der Waals surface area contributed by atoms with Crippen LogP contribution in [0.5, 0.6) is 0 Å². The van der Waals surface area contributed by atoms with Gasteiger partial charge >= 0.3 is 0 Å². The second-order valence-corrected chi connectivity index (χ2v) is 7.20. The number of amides is 1. The van der Waals surface area contributed by atoms with Crippen molar-refractivity contribution in [3.05, 3.63) is 78.9 Å². The molecule has 3 nitrogen and oxygen atoms in total. The van der Waals surface area contributed by atoms with Crippen molar-refractivity contribution in [1.82, 2.24) is 0 Å². The Morgan fingerprint density at radius 3 is 1.96 bits per heavy atom. The van der Waals surface area contributed by atoms with Gasteiger partial charge in [0.1, 0.15) is 0 Å². The molecule has 130 valence electrons. The minimum absolute atomic E-state index is 0.0795. The summed E-state index contributed by atoms with van der Waals surface area (Å²) >= 11 is 1.72. The molecule has 1 aliphatic rings. The molecular formula is C22H20N2OS. The molecule has 1 heterocycles. The number of carbonyl (C=O) groups excluding carboxylic acids is 1. The summed E-state index contributed by atoms with van der Waals surface area (Å²) in [6, 6.07) is 26.3. The Bertz CT molecular complexity index is 881. The van der Waals surface area contributed by atoms with E-state index in [2.05, 4.69) is 24.0 Å². The summed E-state index contributed by atoms with van der Waals surface area (Å²) in [7, 11) is 0. The molecule has 3 aromatic carbocycles. The lowest BCUT2D eigenvalue weighted by Crippen LogP contribution is -2.39. The van der Waals surface area contributed by atoms with Crippen LogP contribution in [0, 0.1) is 0 Å². The van der Waals surface area contributed by atoms with E-state index in [1.54, 1.807) is 11.8 Å². The third-order valence-corrected chi connectivity index (χ3v) is 5.64. The number of benzene rings is 3. The first-order valence-electron chi connectivity index (χ1n) is 8.77.